The lowest BCUT2D eigenvalue weighted by atomic mass is 10.1. The fourth-order valence-corrected chi connectivity index (χ4v) is 5.07. The van der Waals surface area contributed by atoms with Crippen LogP contribution in [0.2, 0.25) is 0 Å². The van der Waals surface area contributed by atoms with Crippen molar-refractivity contribution in [3.8, 4) is 11.4 Å². The van der Waals surface area contributed by atoms with E-state index in [0.717, 1.165) is 66.9 Å². The fourth-order valence-electron chi connectivity index (χ4n) is 5.07. The number of ether oxygens (including phenoxy) is 2. The summed E-state index contributed by atoms with van der Waals surface area (Å²) in [6.07, 6.45) is 5.69. The number of hydrogen-bond acceptors (Lipinski definition) is 8. The Balaban J connectivity index is 1.45. The second-order valence-corrected chi connectivity index (χ2v) is 9.54. The first-order valence-electron chi connectivity index (χ1n) is 12.1. The molecule has 0 N–H and O–H groups in total. The molecule has 0 amide bonds. The first-order valence-corrected chi connectivity index (χ1v) is 12.1. The molecular formula is C24H31N7O2. The Morgan fingerprint density at radius 2 is 1.67 bits per heavy atom. The van der Waals surface area contributed by atoms with Gasteiger partial charge >= 0.3 is 0 Å². The summed E-state index contributed by atoms with van der Waals surface area (Å²) in [5.41, 5.74) is 2.17. The molecule has 0 bridgehead atoms. The molecule has 0 aromatic carbocycles. The lowest BCUT2D eigenvalue weighted by Gasteiger charge is -2.30. The number of fused-ring (bicyclic) bond motifs is 3. The Bertz CT molecular complexity index is 1150. The van der Waals surface area contributed by atoms with Crippen molar-refractivity contribution in [3.05, 3.63) is 24.2 Å². The van der Waals surface area contributed by atoms with Gasteiger partial charge in [-0.3, -0.25) is 0 Å². The van der Waals surface area contributed by atoms with Gasteiger partial charge in [0.05, 0.1) is 19.8 Å². The van der Waals surface area contributed by atoms with Crippen LogP contribution in [0.15, 0.2) is 18.3 Å². The summed E-state index contributed by atoms with van der Waals surface area (Å²) in [5.74, 6) is 3.50. The number of anilines is 2. The zero-order valence-corrected chi connectivity index (χ0v) is 19.5. The molecule has 6 rings (SSSR count). The lowest BCUT2D eigenvalue weighted by Crippen LogP contribution is -2.37. The molecule has 0 atom stereocenters. The molecule has 0 radical (unpaired) electrons. The van der Waals surface area contributed by atoms with Gasteiger partial charge in [0.15, 0.2) is 22.8 Å². The molecule has 0 unspecified atom stereocenters. The van der Waals surface area contributed by atoms with Crippen LogP contribution >= 0.6 is 0 Å². The molecule has 0 saturated carbocycles. The van der Waals surface area contributed by atoms with E-state index in [1.807, 2.05) is 6.20 Å². The van der Waals surface area contributed by atoms with Crippen molar-refractivity contribution in [3.63, 3.8) is 0 Å². The van der Waals surface area contributed by atoms with Crippen LogP contribution in [0, 0.1) is 0 Å². The van der Waals surface area contributed by atoms with Gasteiger partial charge in [0.1, 0.15) is 17.2 Å². The number of aromatic nitrogens is 5. The Labute approximate surface area is 193 Å². The van der Waals surface area contributed by atoms with Crippen molar-refractivity contribution in [2.24, 2.45) is 0 Å². The minimum Gasteiger partial charge on any atom is -0.378 e. The summed E-state index contributed by atoms with van der Waals surface area (Å²) in [6.45, 7) is 10.6. The van der Waals surface area contributed by atoms with Gasteiger partial charge in [-0.25, -0.2) is 19.9 Å². The van der Waals surface area contributed by atoms with Gasteiger partial charge in [0, 0.05) is 44.5 Å². The minimum absolute atomic E-state index is 0.459. The number of piperidine rings is 1. The molecule has 3 aliphatic rings. The summed E-state index contributed by atoms with van der Waals surface area (Å²) in [6, 6.07) is 4.20. The highest BCUT2D eigenvalue weighted by Gasteiger charge is 2.34. The Hall–Kier alpha value is -2.78. The van der Waals surface area contributed by atoms with Crippen LogP contribution in [0.4, 0.5) is 11.6 Å². The second kappa shape index (κ2) is 8.22. The zero-order chi connectivity index (χ0) is 22.4. The molecule has 33 heavy (non-hydrogen) atoms. The number of hydrogen-bond donors (Lipinski definition) is 0. The maximum absolute atomic E-state index is 6.01. The standard InChI is InChI=1S/C24H31N7O2/c1-24(2)23-26-19-21(30-10-13-32-14-11-30)27-20(28-22(19)31(23)12-15-33-24)17-6-7-18(25-16-17)29-8-4-3-5-9-29/h6-7,16H,3-5,8-15H2,1-2H3. The predicted octanol–water partition coefficient (Wildman–Crippen LogP) is 2.98. The predicted molar refractivity (Wildman–Crippen MR) is 127 cm³/mol. The number of pyridine rings is 1. The molecular weight excluding hydrogens is 418 g/mol. The Morgan fingerprint density at radius 3 is 2.42 bits per heavy atom. The quantitative estimate of drug-likeness (QED) is 0.604. The summed E-state index contributed by atoms with van der Waals surface area (Å²) in [5, 5.41) is 0. The third-order valence-corrected chi connectivity index (χ3v) is 6.89. The smallest absolute Gasteiger partial charge is 0.166 e. The van der Waals surface area contributed by atoms with Crippen molar-refractivity contribution >= 4 is 22.8 Å². The van der Waals surface area contributed by atoms with Gasteiger partial charge in [-0.1, -0.05) is 0 Å². The lowest BCUT2D eigenvalue weighted by molar-refractivity contribution is -0.0530. The topological polar surface area (TPSA) is 81.4 Å². The van der Waals surface area contributed by atoms with Crippen LogP contribution in [0.25, 0.3) is 22.6 Å². The van der Waals surface area contributed by atoms with E-state index in [0.29, 0.717) is 25.6 Å². The second-order valence-electron chi connectivity index (χ2n) is 9.54. The molecule has 3 aromatic rings. The van der Waals surface area contributed by atoms with Crippen LogP contribution in [-0.4, -0.2) is 70.5 Å². The van der Waals surface area contributed by atoms with Gasteiger partial charge in [0.25, 0.3) is 0 Å². The van der Waals surface area contributed by atoms with E-state index in [1.165, 1.54) is 19.3 Å². The van der Waals surface area contributed by atoms with Gasteiger partial charge in [-0.05, 0) is 45.2 Å². The highest BCUT2D eigenvalue weighted by atomic mass is 16.5. The third kappa shape index (κ3) is 3.73. The van der Waals surface area contributed by atoms with Crippen molar-refractivity contribution in [2.75, 3.05) is 55.8 Å². The molecule has 0 spiro atoms. The Kier molecular flexibility index (Phi) is 5.18. The van der Waals surface area contributed by atoms with E-state index in [1.54, 1.807) is 0 Å². The molecule has 9 heteroatoms. The van der Waals surface area contributed by atoms with E-state index in [-0.39, 0.29) is 0 Å². The summed E-state index contributed by atoms with van der Waals surface area (Å²) >= 11 is 0. The zero-order valence-electron chi connectivity index (χ0n) is 19.5. The molecule has 6 heterocycles. The first-order chi connectivity index (χ1) is 16.1. The summed E-state index contributed by atoms with van der Waals surface area (Å²) < 4.78 is 13.8. The molecule has 174 valence electrons. The number of morpholine rings is 1. The summed E-state index contributed by atoms with van der Waals surface area (Å²) in [7, 11) is 0. The van der Waals surface area contributed by atoms with Crippen LogP contribution in [-0.2, 0) is 21.6 Å². The normalized spacial score (nSPS) is 20.8. The van der Waals surface area contributed by atoms with Crippen molar-refractivity contribution in [2.45, 2.75) is 45.3 Å². The monoisotopic (exact) mass is 449 g/mol. The largest absolute Gasteiger partial charge is 0.378 e. The van der Waals surface area contributed by atoms with Crippen molar-refractivity contribution in [1.29, 1.82) is 0 Å². The maximum Gasteiger partial charge on any atom is 0.166 e. The van der Waals surface area contributed by atoms with Gasteiger partial charge in [-0.2, -0.15) is 0 Å². The average molecular weight is 450 g/mol. The first kappa shape index (κ1) is 20.8. The molecule has 2 fully saturated rings. The van der Waals surface area contributed by atoms with E-state index in [9.17, 15) is 0 Å². The number of imidazole rings is 1. The van der Waals surface area contributed by atoms with Crippen LogP contribution < -0.4 is 9.80 Å². The fraction of sp³-hybridized carbons (Fsp3) is 0.583. The van der Waals surface area contributed by atoms with E-state index in [4.69, 9.17) is 29.4 Å². The molecule has 2 saturated heterocycles. The SMILES string of the molecule is CC1(C)OCCn2c1nc1c(N3CCOCC3)nc(-c3ccc(N4CCCCC4)nc3)nc12. The van der Waals surface area contributed by atoms with Crippen molar-refractivity contribution < 1.29 is 9.47 Å². The molecule has 3 aliphatic heterocycles. The van der Waals surface area contributed by atoms with Crippen molar-refractivity contribution in [1.82, 2.24) is 24.5 Å². The minimum atomic E-state index is -0.459. The van der Waals surface area contributed by atoms with Crippen LogP contribution in [0.1, 0.15) is 38.9 Å². The van der Waals surface area contributed by atoms with Gasteiger partial charge in [0.2, 0.25) is 0 Å². The maximum atomic E-state index is 6.01. The van der Waals surface area contributed by atoms with Crippen LogP contribution in [0.3, 0.4) is 0 Å². The highest BCUT2D eigenvalue weighted by molar-refractivity contribution is 5.86. The van der Waals surface area contributed by atoms with E-state index >= 15 is 0 Å². The van der Waals surface area contributed by atoms with Gasteiger partial charge < -0.3 is 23.8 Å². The van der Waals surface area contributed by atoms with E-state index < -0.39 is 5.60 Å². The number of rotatable bonds is 3. The van der Waals surface area contributed by atoms with Crippen LogP contribution in [0.5, 0.6) is 0 Å². The highest BCUT2D eigenvalue weighted by Crippen LogP contribution is 2.35. The third-order valence-electron chi connectivity index (χ3n) is 6.89. The van der Waals surface area contributed by atoms with Gasteiger partial charge in [-0.15, -0.1) is 0 Å². The molecule has 3 aromatic heterocycles. The average Bonchev–Trinajstić information content (AvgIpc) is 3.25. The molecule has 9 nitrogen and oxygen atoms in total. The Morgan fingerprint density at radius 1 is 0.848 bits per heavy atom. The summed E-state index contributed by atoms with van der Waals surface area (Å²) in [4.78, 5) is 24.4. The molecule has 0 aliphatic carbocycles. The number of nitrogens with zero attached hydrogens (tertiary/aromatic N) is 7. The van der Waals surface area contributed by atoms with E-state index in [2.05, 4.69) is 40.3 Å².